The molecular formula is C15H23N3O. The van der Waals surface area contributed by atoms with Crippen LogP contribution in [0.25, 0.3) is 0 Å². The van der Waals surface area contributed by atoms with Gasteiger partial charge in [0.05, 0.1) is 6.04 Å². The Morgan fingerprint density at radius 2 is 1.79 bits per heavy atom. The molecule has 0 amide bonds. The molecule has 4 nitrogen and oxygen atoms in total. The molecule has 4 bridgehead atoms. The Morgan fingerprint density at radius 3 is 2.37 bits per heavy atom. The van der Waals surface area contributed by atoms with Gasteiger partial charge in [-0.05, 0) is 62.2 Å². The number of rotatable bonds is 3. The van der Waals surface area contributed by atoms with Crippen molar-refractivity contribution >= 4 is 0 Å². The lowest BCUT2D eigenvalue weighted by Crippen LogP contribution is -2.44. The normalized spacial score (nSPS) is 41.7. The SMILES string of the molecule is CCC(N)c1nc(C2C3CC4CC(C3)CC2C4)no1. The first-order valence-electron chi connectivity index (χ1n) is 7.83. The van der Waals surface area contributed by atoms with Crippen LogP contribution < -0.4 is 5.73 Å². The molecule has 4 saturated carbocycles. The Morgan fingerprint density at radius 1 is 1.16 bits per heavy atom. The summed E-state index contributed by atoms with van der Waals surface area (Å²) in [4.78, 5) is 4.62. The Kier molecular flexibility index (Phi) is 2.69. The number of nitrogens with zero attached hydrogens (tertiary/aromatic N) is 2. The summed E-state index contributed by atoms with van der Waals surface area (Å²) in [7, 11) is 0. The Labute approximate surface area is 114 Å². The first-order chi connectivity index (χ1) is 9.24. The summed E-state index contributed by atoms with van der Waals surface area (Å²) in [6.07, 6.45) is 7.90. The standard InChI is InChI=1S/C15H23N3O/c1-2-12(16)15-17-14(18-19-15)13-10-4-8-3-9(6-10)7-11(13)5-8/h8-13H,2-7,16H2,1H3. The van der Waals surface area contributed by atoms with Crippen LogP contribution in [0.4, 0.5) is 0 Å². The molecule has 0 radical (unpaired) electrons. The summed E-state index contributed by atoms with van der Waals surface area (Å²) < 4.78 is 5.39. The van der Waals surface area contributed by atoms with Crippen molar-refractivity contribution in [1.82, 2.24) is 10.1 Å². The van der Waals surface area contributed by atoms with E-state index in [-0.39, 0.29) is 6.04 Å². The summed E-state index contributed by atoms with van der Waals surface area (Å²) in [5.41, 5.74) is 5.99. The van der Waals surface area contributed by atoms with Crippen molar-refractivity contribution in [2.45, 2.75) is 57.4 Å². The monoisotopic (exact) mass is 261 g/mol. The maximum Gasteiger partial charge on any atom is 0.243 e. The molecule has 1 unspecified atom stereocenters. The van der Waals surface area contributed by atoms with Crippen molar-refractivity contribution in [2.75, 3.05) is 0 Å². The summed E-state index contributed by atoms with van der Waals surface area (Å²) >= 11 is 0. The van der Waals surface area contributed by atoms with Gasteiger partial charge in [-0.3, -0.25) is 0 Å². The second-order valence-electron chi connectivity index (χ2n) is 6.96. The van der Waals surface area contributed by atoms with Gasteiger partial charge in [0.2, 0.25) is 5.89 Å². The molecule has 1 aromatic rings. The summed E-state index contributed by atoms with van der Waals surface area (Å²) in [5, 5.41) is 4.27. The minimum Gasteiger partial charge on any atom is -0.338 e. The molecule has 0 spiro atoms. The predicted octanol–water partition coefficient (Wildman–Crippen LogP) is 3.02. The molecule has 19 heavy (non-hydrogen) atoms. The molecule has 1 aromatic heterocycles. The molecule has 0 aromatic carbocycles. The third-order valence-corrected chi connectivity index (χ3v) is 5.74. The molecule has 5 rings (SSSR count). The summed E-state index contributed by atoms with van der Waals surface area (Å²) in [6.45, 7) is 2.05. The second kappa shape index (κ2) is 4.30. The second-order valence-corrected chi connectivity index (χ2v) is 6.96. The van der Waals surface area contributed by atoms with Crippen LogP contribution >= 0.6 is 0 Å². The van der Waals surface area contributed by atoms with E-state index >= 15 is 0 Å². The van der Waals surface area contributed by atoms with Gasteiger partial charge in [0, 0.05) is 5.92 Å². The van der Waals surface area contributed by atoms with Crippen LogP contribution in [0.2, 0.25) is 0 Å². The van der Waals surface area contributed by atoms with Crippen molar-refractivity contribution in [3.8, 4) is 0 Å². The third-order valence-electron chi connectivity index (χ3n) is 5.74. The van der Waals surface area contributed by atoms with E-state index in [2.05, 4.69) is 17.1 Å². The van der Waals surface area contributed by atoms with Crippen LogP contribution in [-0.4, -0.2) is 10.1 Å². The highest BCUT2D eigenvalue weighted by Gasteiger charge is 2.50. The zero-order valence-corrected chi connectivity index (χ0v) is 11.6. The lowest BCUT2D eigenvalue weighted by Gasteiger charge is -2.53. The summed E-state index contributed by atoms with van der Waals surface area (Å²) in [5.74, 6) is 5.72. The van der Waals surface area contributed by atoms with Crippen molar-refractivity contribution in [3.05, 3.63) is 11.7 Å². The first kappa shape index (κ1) is 11.9. The number of aromatic nitrogens is 2. The van der Waals surface area contributed by atoms with Crippen LogP contribution in [0, 0.1) is 23.7 Å². The lowest BCUT2D eigenvalue weighted by atomic mass is 9.52. The molecule has 2 N–H and O–H groups in total. The van der Waals surface area contributed by atoms with Gasteiger partial charge in [0.1, 0.15) is 0 Å². The average Bonchev–Trinajstić information content (AvgIpc) is 2.86. The van der Waals surface area contributed by atoms with Gasteiger partial charge in [-0.1, -0.05) is 12.1 Å². The number of nitrogens with two attached hydrogens (primary N) is 1. The highest BCUT2D eigenvalue weighted by Crippen LogP contribution is 2.59. The molecule has 0 saturated heterocycles. The van der Waals surface area contributed by atoms with E-state index in [9.17, 15) is 0 Å². The van der Waals surface area contributed by atoms with Crippen LogP contribution in [0.3, 0.4) is 0 Å². The maximum absolute atomic E-state index is 5.99. The Bertz CT molecular complexity index is 442. The van der Waals surface area contributed by atoms with E-state index in [1.165, 1.54) is 32.1 Å². The molecule has 104 valence electrons. The minimum atomic E-state index is -0.0990. The maximum atomic E-state index is 5.99. The van der Waals surface area contributed by atoms with Crippen LogP contribution in [0.15, 0.2) is 4.52 Å². The van der Waals surface area contributed by atoms with E-state index in [0.29, 0.717) is 11.8 Å². The van der Waals surface area contributed by atoms with Crippen molar-refractivity contribution in [2.24, 2.45) is 29.4 Å². The summed E-state index contributed by atoms with van der Waals surface area (Å²) in [6, 6.07) is -0.0990. The van der Waals surface area contributed by atoms with E-state index in [4.69, 9.17) is 10.3 Å². The highest BCUT2D eigenvalue weighted by molar-refractivity contribution is 5.10. The molecular weight excluding hydrogens is 238 g/mol. The van der Waals surface area contributed by atoms with Crippen molar-refractivity contribution < 1.29 is 4.52 Å². The van der Waals surface area contributed by atoms with Crippen molar-refractivity contribution in [3.63, 3.8) is 0 Å². The zero-order valence-electron chi connectivity index (χ0n) is 11.6. The van der Waals surface area contributed by atoms with Crippen LogP contribution in [0.1, 0.15) is 69.1 Å². The molecule has 4 aliphatic carbocycles. The minimum absolute atomic E-state index is 0.0990. The van der Waals surface area contributed by atoms with E-state index in [1.807, 2.05) is 0 Å². The van der Waals surface area contributed by atoms with E-state index < -0.39 is 0 Å². The van der Waals surface area contributed by atoms with E-state index in [1.54, 1.807) is 0 Å². The Balaban J connectivity index is 1.60. The number of hydrogen-bond acceptors (Lipinski definition) is 4. The van der Waals surface area contributed by atoms with Gasteiger partial charge in [-0.2, -0.15) is 4.98 Å². The first-order valence-corrected chi connectivity index (χ1v) is 7.83. The van der Waals surface area contributed by atoms with Crippen molar-refractivity contribution in [1.29, 1.82) is 0 Å². The molecule has 1 atom stereocenters. The highest BCUT2D eigenvalue weighted by atomic mass is 16.5. The Hall–Kier alpha value is -0.900. The van der Waals surface area contributed by atoms with Gasteiger partial charge < -0.3 is 10.3 Å². The molecule has 1 heterocycles. The van der Waals surface area contributed by atoms with Gasteiger partial charge in [0.25, 0.3) is 0 Å². The topological polar surface area (TPSA) is 64.9 Å². The molecule has 0 aliphatic heterocycles. The fourth-order valence-corrected chi connectivity index (χ4v) is 5.05. The van der Waals surface area contributed by atoms with Crippen LogP contribution in [-0.2, 0) is 0 Å². The van der Waals surface area contributed by atoms with Gasteiger partial charge in [-0.25, -0.2) is 0 Å². The smallest absolute Gasteiger partial charge is 0.243 e. The number of hydrogen-bond donors (Lipinski definition) is 1. The fraction of sp³-hybridized carbons (Fsp3) is 0.867. The van der Waals surface area contributed by atoms with Gasteiger partial charge in [0.15, 0.2) is 5.82 Å². The van der Waals surface area contributed by atoms with E-state index in [0.717, 1.165) is 35.9 Å². The molecule has 4 fully saturated rings. The largest absolute Gasteiger partial charge is 0.338 e. The quantitative estimate of drug-likeness (QED) is 0.908. The third kappa shape index (κ3) is 1.83. The average molecular weight is 261 g/mol. The zero-order chi connectivity index (χ0) is 13.0. The predicted molar refractivity (Wildman–Crippen MR) is 71.3 cm³/mol. The molecule has 4 aliphatic rings. The van der Waals surface area contributed by atoms with Gasteiger partial charge >= 0.3 is 0 Å². The fourth-order valence-electron chi connectivity index (χ4n) is 5.05. The lowest BCUT2D eigenvalue weighted by molar-refractivity contribution is -0.00629. The van der Waals surface area contributed by atoms with Gasteiger partial charge in [-0.15, -0.1) is 0 Å². The van der Waals surface area contributed by atoms with Crippen LogP contribution in [0.5, 0.6) is 0 Å². The molecule has 4 heteroatoms.